The van der Waals surface area contributed by atoms with Crippen molar-refractivity contribution in [1.82, 2.24) is 24.4 Å². The van der Waals surface area contributed by atoms with E-state index in [1.807, 2.05) is 25.3 Å². The second kappa shape index (κ2) is 8.81. The topological polar surface area (TPSA) is 85.2 Å². The lowest BCUT2D eigenvalue weighted by atomic mass is 10.1. The van der Waals surface area contributed by atoms with Crippen LogP contribution < -0.4 is 5.32 Å². The van der Waals surface area contributed by atoms with E-state index in [1.54, 1.807) is 35.4 Å². The summed E-state index contributed by atoms with van der Waals surface area (Å²) in [6.07, 6.45) is 2.77. The number of benzene rings is 1. The number of aryl methyl sites for hydroxylation is 1. The minimum absolute atomic E-state index is 0.0208. The Morgan fingerprint density at radius 3 is 2.52 bits per heavy atom. The number of carbonyl (C=O) groups is 1. The van der Waals surface area contributed by atoms with Gasteiger partial charge in [0, 0.05) is 30.4 Å². The number of ether oxygens (including phenoxy) is 1. The maximum atomic E-state index is 14.5. The molecule has 1 saturated heterocycles. The third-order valence-electron chi connectivity index (χ3n) is 5.17. The van der Waals surface area contributed by atoms with Gasteiger partial charge in [-0.2, -0.15) is 0 Å². The van der Waals surface area contributed by atoms with Crippen molar-refractivity contribution in [1.29, 1.82) is 0 Å². The van der Waals surface area contributed by atoms with Crippen LogP contribution in [0.3, 0.4) is 0 Å². The van der Waals surface area contributed by atoms with Crippen LogP contribution in [0, 0.1) is 12.7 Å². The van der Waals surface area contributed by atoms with Crippen LogP contribution in [0.4, 0.5) is 16.0 Å². The molecule has 8 nitrogen and oxygen atoms in total. The largest absolute Gasteiger partial charge is 0.378 e. The molecule has 3 heterocycles. The lowest BCUT2D eigenvalue weighted by Crippen LogP contribution is -2.40. The van der Waals surface area contributed by atoms with E-state index in [2.05, 4.69) is 20.3 Å². The SMILES string of the molecule is Cc1ncc(-c2nc(Nc3ccc(C(=O)N4CCOCC4)cc3)ncc2F)n1C(C)C. The minimum Gasteiger partial charge on any atom is -0.378 e. The molecular formula is C22H25FN6O2. The summed E-state index contributed by atoms with van der Waals surface area (Å²) in [4.78, 5) is 27.1. The first kappa shape index (κ1) is 20.9. The highest BCUT2D eigenvalue weighted by Crippen LogP contribution is 2.26. The summed E-state index contributed by atoms with van der Waals surface area (Å²) in [7, 11) is 0. The van der Waals surface area contributed by atoms with Crippen LogP contribution in [0.5, 0.6) is 0 Å². The molecule has 0 unspecified atom stereocenters. The number of halogens is 1. The summed E-state index contributed by atoms with van der Waals surface area (Å²) in [6.45, 7) is 8.21. The Balaban J connectivity index is 1.54. The van der Waals surface area contributed by atoms with Crippen LogP contribution in [0.2, 0.25) is 0 Å². The fourth-order valence-electron chi connectivity index (χ4n) is 3.66. The van der Waals surface area contributed by atoms with Gasteiger partial charge in [-0.1, -0.05) is 0 Å². The van der Waals surface area contributed by atoms with E-state index >= 15 is 0 Å². The molecule has 162 valence electrons. The third kappa shape index (κ3) is 4.41. The number of nitrogens with zero attached hydrogens (tertiary/aromatic N) is 5. The summed E-state index contributed by atoms with van der Waals surface area (Å²) in [6, 6.07) is 7.18. The van der Waals surface area contributed by atoms with Gasteiger partial charge in [-0.3, -0.25) is 4.79 Å². The zero-order valence-electron chi connectivity index (χ0n) is 17.8. The Kier molecular flexibility index (Phi) is 5.94. The molecule has 1 aliphatic rings. The van der Waals surface area contributed by atoms with E-state index in [9.17, 15) is 9.18 Å². The Morgan fingerprint density at radius 1 is 1.13 bits per heavy atom. The van der Waals surface area contributed by atoms with Gasteiger partial charge in [-0.25, -0.2) is 19.3 Å². The quantitative estimate of drug-likeness (QED) is 0.674. The first-order valence-electron chi connectivity index (χ1n) is 10.2. The predicted molar refractivity (Wildman–Crippen MR) is 115 cm³/mol. The second-order valence-electron chi connectivity index (χ2n) is 7.65. The molecule has 0 radical (unpaired) electrons. The van der Waals surface area contributed by atoms with Crippen molar-refractivity contribution in [2.24, 2.45) is 0 Å². The number of aromatic nitrogens is 4. The van der Waals surface area contributed by atoms with Crippen molar-refractivity contribution in [3.8, 4) is 11.4 Å². The van der Waals surface area contributed by atoms with Gasteiger partial charge in [0.2, 0.25) is 5.95 Å². The molecule has 0 saturated carbocycles. The molecule has 1 fully saturated rings. The van der Waals surface area contributed by atoms with Crippen LogP contribution in [0.1, 0.15) is 36.1 Å². The molecule has 0 atom stereocenters. The van der Waals surface area contributed by atoms with Gasteiger partial charge in [0.1, 0.15) is 11.5 Å². The maximum absolute atomic E-state index is 14.5. The molecule has 0 aliphatic carbocycles. The van der Waals surface area contributed by atoms with E-state index in [1.165, 1.54) is 0 Å². The lowest BCUT2D eigenvalue weighted by Gasteiger charge is -2.26. The average molecular weight is 424 g/mol. The van der Waals surface area contributed by atoms with Gasteiger partial charge >= 0.3 is 0 Å². The van der Waals surface area contributed by atoms with Crippen LogP contribution in [-0.2, 0) is 4.74 Å². The molecule has 31 heavy (non-hydrogen) atoms. The summed E-state index contributed by atoms with van der Waals surface area (Å²) >= 11 is 0. The number of morpholine rings is 1. The standard InChI is InChI=1S/C22H25FN6O2/c1-14(2)29-15(3)24-13-19(29)20-18(23)12-25-22(27-20)26-17-6-4-16(5-7-17)21(30)28-8-10-31-11-9-28/h4-7,12-14H,8-11H2,1-3H3,(H,25,26,27). The van der Waals surface area contributed by atoms with Crippen molar-refractivity contribution in [3.05, 3.63) is 53.9 Å². The zero-order valence-corrected chi connectivity index (χ0v) is 17.8. The van der Waals surface area contributed by atoms with Crippen LogP contribution in [0.15, 0.2) is 36.7 Å². The van der Waals surface area contributed by atoms with Gasteiger partial charge in [-0.05, 0) is 45.0 Å². The third-order valence-corrected chi connectivity index (χ3v) is 5.17. The van der Waals surface area contributed by atoms with E-state index in [-0.39, 0.29) is 23.6 Å². The Hall–Kier alpha value is -3.33. The fraction of sp³-hybridized carbons (Fsp3) is 0.364. The maximum Gasteiger partial charge on any atom is 0.254 e. The number of nitrogens with one attached hydrogen (secondary N) is 1. The summed E-state index contributed by atoms with van der Waals surface area (Å²) in [5.74, 6) is 0.516. The molecule has 1 aliphatic heterocycles. The average Bonchev–Trinajstić information content (AvgIpc) is 3.17. The van der Waals surface area contributed by atoms with Gasteiger partial charge in [-0.15, -0.1) is 0 Å². The summed E-state index contributed by atoms with van der Waals surface area (Å²) in [5, 5.41) is 3.08. The van der Waals surface area contributed by atoms with Crippen molar-refractivity contribution < 1.29 is 13.9 Å². The molecule has 1 N–H and O–H groups in total. The van der Waals surface area contributed by atoms with E-state index in [0.717, 1.165) is 12.0 Å². The molecule has 0 bridgehead atoms. The van der Waals surface area contributed by atoms with Crippen molar-refractivity contribution in [2.45, 2.75) is 26.8 Å². The Morgan fingerprint density at radius 2 is 1.84 bits per heavy atom. The highest BCUT2D eigenvalue weighted by atomic mass is 19.1. The lowest BCUT2D eigenvalue weighted by molar-refractivity contribution is 0.0303. The highest BCUT2D eigenvalue weighted by Gasteiger charge is 2.19. The number of hydrogen-bond donors (Lipinski definition) is 1. The zero-order chi connectivity index (χ0) is 22.0. The normalized spacial score (nSPS) is 14.2. The van der Waals surface area contributed by atoms with Gasteiger partial charge in [0.25, 0.3) is 5.91 Å². The van der Waals surface area contributed by atoms with Crippen molar-refractivity contribution >= 4 is 17.5 Å². The number of hydrogen-bond acceptors (Lipinski definition) is 6. The monoisotopic (exact) mass is 424 g/mol. The summed E-state index contributed by atoms with van der Waals surface area (Å²) in [5.41, 5.74) is 2.09. The van der Waals surface area contributed by atoms with Crippen LogP contribution >= 0.6 is 0 Å². The van der Waals surface area contributed by atoms with E-state index < -0.39 is 5.82 Å². The first-order chi connectivity index (χ1) is 14.9. The highest BCUT2D eigenvalue weighted by molar-refractivity contribution is 5.94. The molecule has 1 aromatic carbocycles. The van der Waals surface area contributed by atoms with Crippen molar-refractivity contribution in [2.75, 3.05) is 31.6 Å². The van der Waals surface area contributed by atoms with Gasteiger partial charge in [0.15, 0.2) is 5.82 Å². The summed E-state index contributed by atoms with van der Waals surface area (Å²) < 4.78 is 21.7. The predicted octanol–water partition coefficient (Wildman–Crippen LogP) is 3.58. The smallest absolute Gasteiger partial charge is 0.254 e. The molecule has 1 amide bonds. The first-order valence-corrected chi connectivity index (χ1v) is 10.2. The molecule has 0 spiro atoms. The number of imidazole rings is 1. The van der Waals surface area contributed by atoms with Gasteiger partial charge in [0.05, 0.1) is 31.3 Å². The molecule has 2 aromatic heterocycles. The Bertz CT molecular complexity index is 1070. The van der Waals surface area contributed by atoms with Crippen LogP contribution in [-0.4, -0.2) is 56.6 Å². The number of anilines is 2. The number of rotatable bonds is 5. The second-order valence-corrected chi connectivity index (χ2v) is 7.65. The molecule has 3 aromatic rings. The molecular weight excluding hydrogens is 399 g/mol. The molecule has 4 rings (SSSR count). The fourth-order valence-corrected chi connectivity index (χ4v) is 3.66. The van der Waals surface area contributed by atoms with Gasteiger partial charge < -0.3 is 19.5 Å². The molecule has 9 heteroatoms. The van der Waals surface area contributed by atoms with Crippen molar-refractivity contribution in [3.63, 3.8) is 0 Å². The van der Waals surface area contributed by atoms with E-state index in [4.69, 9.17) is 4.74 Å². The minimum atomic E-state index is -0.515. The number of amides is 1. The number of carbonyl (C=O) groups excluding carboxylic acids is 1. The van der Waals surface area contributed by atoms with Crippen LogP contribution in [0.25, 0.3) is 11.4 Å². The van der Waals surface area contributed by atoms with E-state index in [0.29, 0.717) is 43.2 Å². The Labute approximate surface area is 180 Å².